The molecule has 0 radical (unpaired) electrons. The Bertz CT molecular complexity index is 651. The summed E-state index contributed by atoms with van der Waals surface area (Å²) in [4.78, 5) is 15.5. The summed E-state index contributed by atoms with van der Waals surface area (Å²) in [6, 6.07) is 20.4. The van der Waals surface area contributed by atoms with E-state index in [2.05, 4.69) is 34.5 Å². The van der Waals surface area contributed by atoms with Gasteiger partial charge in [0, 0.05) is 31.1 Å². The predicted octanol–water partition coefficient (Wildman–Crippen LogP) is 2.80. The van der Waals surface area contributed by atoms with E-state index in [1.807, 2.05) is 36.4 Å². The number of morpholine rings is 1. The van der Waals surface area contributed by atoms with Gasteiger partial charge in [0.05, 0.1) is 18.5 Å². The van der Waals surface area contributed by atoms with Crippen LogP contribution in [0.1, 0.15) is 5.56 Å². The minimum atomic E-state index is 0.0534. The van der Waals surface area contributed by atoms with Gasteiger partial charge in [0.1, 0.15) is 0 Å². The molecule has 132 valence electrons. The van der Waals surface area contributed by atoms with Crippen LogP contribution in [0.25, 0.3) is 0 Å². The first-order chi connectivity index (χ1) is 12.3. The number of carbonyl (C=O) groups excluding carboxylic acids is 1. The van der Waals surface area contributed by atoms with Crippen molar-refractivity contribution in [3.05, 3.63) is 66.2 Å². The molecule has 0 aromatic heterocycles. The molecule has 1 atom stereocenters. The first-order valence-corrected chi connectivity index (χ1v) is 9.60. The van der Waals surface area contributed by atoms with E-state index < -0.39 is 0 Å². The molecule has 1 amide bonds. The van der Waals surface area contributed by atoms with Crippen molar-refractivity contribution in [2.45, 2.75) is 17.5 Å². The van der Waals surface area contributed by atoms with Crippen molar-refractivity contribution >= 4 is 17.7 Å². The molecule has 1 heterocycles. The summed E-state index contributed by atoms with van der Waals surface area (Å²) in [6.45, 7) is 3.99. The Kier molecular flexibility index (Phi) is 6.91. The van der Waals surface area contributed by atoms with Gasteiger partial charge in [0.15, 0.2) is 0 Å². The van der Waals surface area contributed by atoms with Crippen LogP contribution in [0.3, 0.4) is 0 Å². The Morgan fingerprint density at radius 2 is 1.84 bits per heavy atom. The summed E-state index contributed by atoms with van der Waals surface area (Å²) in [5, 5.41) is 3.00. The monoisotopic (exact) mass is 356 g/mol. The standard InChI is InChI=1S/C20H24N2O2S/c23-20(16-25-19-9-5-2-6-10-19)21-13-18-15-22(11-12-24-18)14-17-7-3-1-4-8-17/h1-10,18H,11-16H2,(H,21,23). The lowest BCUT2D eigenvalue weighted by molar-refractivity contribution is -0.119. The van der Waals surface area contributed by atoms with E-state index in [1.54, 1.807) is 11.8 Å². The van der Waals surface area contributed by atoms with Crippen molar-refractivity contribution in [3.8, 4) is 0 Å². The predicted molar refractivity (Wildman–Crippen MR) is 102 cm³/mol. The fourth-order valence-electron chi connectivity index (χ4n) is 2.83. The fourth-order valence-corrected chi connectivity index (χ4v) is 3.58. The number of hydrogen-bond donors (Lipinski definition) is 1. The Hall–Kier alpha value is -1.82. The van der Waals surface area contributed by atoms with Crippen LogP contribution in [0.4, 0.5) is 0 Å². The number of thioether (sulfide) groups is 1. The zero-order valence-electron chi connectivity index (χ0n) is 14.3. The third kappa shape index (κ3) is 6.20. The second-order valence-corrected chi connectivity index (χ2v) is 7.17. The lowest BCUT2D eigenvalue weighted by Crippen LogP contribution is -2.47. The molecule has 1 aliphatic rings. The van der Waals surface area contributed by atoms with Crippen molar-refractivity contribution in [1.82, 2.24) is 10.2 Å². The minimum absolute atomic E-state index is 0.0534. The molecule has 1 unspecified atom stereocenters. The molecular formula is C20H24N2O2S. The topological polar surface area (TPSA) is 41.6 Å². The molecular weight excluding hydrogens is 332 g/mol. The van der Waals surface area contributed by atoms with Gasteiger partial charge in [-0.05, 0) is 17.7 Å². The van der Waals surface area contributed by atoms with Crippen LogP contribution in [-0.4, -0.2) is 48.9 Å². The Balaban J connectivity index is 1.38. The quantitative estimate of drug-likeness (QED) is 0.775. The van der Waals surface area contributed by atoms with E-state index in [1.165, 1.54) is 5.56 Å². The van der Waals surface area contributed by atoms with Crippen molar-refractivity contribution in [3.63, 3.8) is 0 Å². The highest BCUT2D eigenvalue weighted by Crippen LogP contribution is 2.16. The molecule has 0 saturated carbocycles. The number of amides is 1. The van der Waals surface area contributed by atoms with E-state index in [-0.39, 0.29) is 12.0 Å². The number of nitrogens with zero attached hydrogens (tertiary/aromatic N) is 1. The first-order valence-electron chi connectivity index (χ1n) is 8.62. The number of nitrogens with one attached hydrogen (secondary N) is 1. The van der Waals surface area contributed by atoms with Gasteiger partial charge in [-0.25, -0.2) is 0 Å². The summed E-state index contributed by atoms with van der Waals surface area (Å²) in [5.74, 6) is 0.488. The number of rotatable bonds is 7. The fraction of sp³-hybridized carbons (Fsp3) is 0.350. The maximum Gasteiger partial charge on any atom is 0.230 e. The zero-order valence-corrected chi connectivity index (χ0v) is 15.1. The van der Waals surface area contributed by atoms with Gasteiger partial charge in [-0.3, -0.25) is 9.69 Å². The van der Waals surface area contributed by atoms with Gasteiger partial charge in [0.2, 0.25) is 5.91 Å². The summed E-state index contributed by atoms with van der Waals surface area (Å²) in [6.07, 6.45) is 0.0585. The second-order valence-electron chi connectivity index (χ2n) is 6.12. The highest BCUT2D eigenvalue weighted by molar-refractivity contribution is 8.00. The van der Waals surface area contributed by atoms with E-state index in [0.29, 0.717) is 18.9 Å². The molecule has 1 saturated heterocycles. The van der Waals surface area contributed by atoms with Gasteiger partial charge in [-0.2, -0.15) is 0 Å². The van der Waals surface area contributed by atoms with Gasteiger partial charge in [-0.15, -0.1) is 11.8 Å². The third-order valence-corrected chi connectivity index (χ3v) is 5.12. The molecule has 2 aromatic carbocycles. The van der Waals surface area contributed by atoms with Crippen molar-refractivity contribution in [2.75, 3.05) is 32.0 Å². The SMILES string of the molecule is O=C(CSc1ccccc1)NCC1CN(Cc2ccccc2)CCO1. The van der Waals surface area contributed by atoms with Gasteiger partial charge in [0.25, 0.3) is 0 Å². The van der Waals surface area contributed by atoms with Crippen LogP contribution < -0.4 is 5.32 Å². The third-order valence-electron chi connectivity index (χ3n) is 4.11. The van der Waals surface area contributed by atoms with Gasteiger partial charge < -0.3 is 10.1 Å². The minimum Gasteiger partial charge on any atom is -0.374 e. The van der Waals surface area contributed by atoms with E-state index in [0.717, 1.165) is 24.5 Å². The molecule has 2 aromatic rings. The molecule has 3 rings (SSSR count). The lowest BCUT2D eigenvalue weighted by Gasteiger charge is -2.33. The summed E-state index contributed by atoms with van der Waals surface area (Å²) in [5.41, 5.74) is 1.31. The van der Waals surface area contributed by atoms with E-state index in [4.69, 9.17) is 4.74 Å². The van der Waals surface area contributed by atoms with E-state index in [9.17, 15) is 4.79 Å². The molecule has 1 aliphatic heterocycles. The Labute approximate surface area is 153 Å². The molecule has 1 fully saturated rings. The zero-order chi connectivity index (χ0) is 17.3. The first kappa shape index (κ1) is 18.0. The molecule has 0 aliphatic carbocycles. The lowest BCUT2D eigenvalue weighted by atomic mass is 10.2. The second kappa shape index (κ2) is 9.61. The molecule has 25 heavy (non-hydrogen) atoms. The highest BCUT2D eigenvalue weighted by atomic mass is 32.2. The molecule has 5 heteroatoms. The number of carbonyl (C=O) groups is 1. The van der Waals surface area contributed by atoms with Crippen LogP contribution in [0.15, 0.2) is 65.6 Å². The number of benzene rings is 2. The average molecular weight is 356 g/mol. The largest absolute Gasteiger partial charge is 0.374 e. The van der Waals surface area contributed by atoms with Crippen molar-refractivity contribution in [1.29, 1.82) is 0 Å². The smallest absolute Gasteiger partial charge is 0.230 e. The summed E-state index contributed by atoms with van der Waals surface area (Å²) < 4.78 is 5.80. The maximum absolute atomic E-state index is 12.0. The molecule has 0 spiro atoms. The van der Waals surface area contributed by atoms with Crippen LogP contribution >= 0.6 is 11.8 Å². The van der Waals surface area contributed by atoms with Crippen molar-refractivity contribution < 1.29 is 9.53 Å². The Morgan fingerprint density at radius 1 is 1.12 bits per heavy atom. The van der Waals surface area contributed by atoms with E-state index >= 15 is 0 Å². The Morgan fingerprint density at radius 3 is 2.60 bits per heavy atom. The maximum atomic E-state index is 12.0. The normalized spacial score (nSPS) is 18.0. The number of ether oxygens (including phenoxy) is 1. The number of hydrogen-bond acceptors (Lipinski definition) is 4. The molecule has 1 N–H and O–H groups in total. The van der Waals surface area contributed by atoms with Crippen molar-refractivity contribution in [2.24, 2.45) is 0 Å². The molecule has 4 nitrogen and oxygen atoms in total. The van der Waals surface area contributed by atoms with Crippen LogP contribution in [-0.2, 0) is 16.1 Å². The van der Waals surface area contributed by atoms with Gasteiger partial charge >= 0.3 is 0 Å². The molecule has 0 bridgehead atoms. The summed E-state index contributed by atoms with van der Waals surface area (Å²) >= 11 is 1.55. The van der Waals surface area contributed by atoms with Crippen LogP contribution in [0, 0.1) is 0 Å². The summed E-state index contributed by atoms with van der Waals surface area (Å²) in [7, 11) is 0. The van der Waals surface area contributed by atoms with Crippen LogP contribution in [0.5, 0.6) is 0 Å². The average Bonchev–Trinajstić information content (AvgIpc) is 2.67. The van der Waals surface area contributed by atoms with Crippen LogP contribution in [0.2, 0.25) is 0 Å². The highest BCUT2D eigenvalue weighted by Gasteiger charge is 2.21. The van der Waals surface area contributed by atoms with Gasteiger partial charge in [-0.1, -0.05) is 48.5 Å².